The number of fused-ring (bicyclic) bond motifs is 3. The maximum atomic E-state index is 9.20. The van der Waals surface area contributed by atoms with Gasteiger partial charge in [-0.3, -0.25) is 0 Å². The molecule has 0 fully saturated rings. The van der Waals surface area contributed by atoms with Crippen LogP contribution in [-0.2, 0) is 38.8 Å². The Labute approximate surface area is 153 Å². The molecule has 1 aromatic carbocycles. The molecule has 0 radical (unpaired) electrons. The molecule has 1 aliphatic rings. The molecule has 1 aliphatic carbocycles. The Morgan fingerprint density at radius 3 is 2.54 bits per heavy atom. The lowest BCUT2D eigenvalue weighted by molar-refractivity contribution is 0.282. The highest BCUT2D eigenvalue weighted by molar-refractivity contribution is 5.89. The van der Waals surface area contributed by atoms with Crippen LogP contribution in [0.15, 0.2) is 24.3 Å². The van der Waals surface area contributed by atoms with E-state index in [9.17, 15) is 5.11 Å². The maximum absolute atomic E-state index is 9.20. The SMILES string of the molecule is CCc1nc2c(N)nc3c(c2n1CCc1ccc(CO)cc1)CCCC3. The first kappa shape index (κ1) is 17.0. The van der Waals surface area contributed by atoms with Crippen molar-refractivity contribution in [1.29, 1.82) is 0 Å². The predicted octanol–water partition coefficient (Wildman–Crippen LogP) is 3.19. The summed E-state index contributed by atoms with van der Waals surface area (Å²) in [5.74, 6) is 1.65. The van der Waals surface area contributed by atoms with Gasteiger partial charge in [0.05, 0.1) is 12.1 Å². The first-order valence-electron chi connectivity index (χ1n) is 9.56. The van der Waals surface area contributed by atoms with Crippen LogP contribution in [0.4, 0.5) is 5.82 Å². The molecular formula is C21H26N4O. The molecule has 0 atom stereocenters. The average molecular weight is 350 g/mol. The number of rotatable bonds is 5. The third-order valence-corrected chi connectivity index (χ3v) is 5.42. The van der Waals surface area contributed by atoms with Gasteiger partial charge in [-0.2, -0.15) is 0 Å². The molecule has 4 rings (SSSR count). The molecule has 5 nitrogen and oxygen atoms in total. The number of anilines is 1. The number of aliphatic hydroxyl groups is 1. The van der Waals surface area contributed by atoms with E-state index in [0.29, 0.717) is 5.82 Å². The Balaban J connectivity index is 1.73. The van der Waals surface area contributed by atoms with Crippen molar-refractivity contribution in [3.05, 3.63) is 52.5 Å². The average Bonchev–Trinajstić information content (AvgIpc) is 3.06. The highest BCUT2D eigenvalue weighted by Gasteiger charge is 2.22. The number of aliphatic hydroxyl groups excluding tert-OH is 1. The van der Waals surface area contributed by atoms with Gasteiger partial charge in [0.25, 0.3) is 0 Å². The number of nitrogens with two attached hydrogens (primary N) is 1. The number of benzene rings is 1. The standard InChI is InChI=1S/C21H26N4O/c1-2-18-24-19-20(16-5-3-4-6-17(16)23-21(19)22)25(18)12-11-14-7-9-15(13-26)10-8-14/h7-10,26H,2-6,11-13H2,1H3,(H2,22,23). The molecule has 0 unspecified atom stereocenters. The van der Waals surface area contributed by atoms with E-state index in [1.54, 1.807) is 0 Å². The van der Waals surface area contributed by atoms with Crippen LogP contribution < -0.4 is 5.73 Å². The van der Waals surface area contributed by atoms with E-state index in [1.165, 1.54) is 29.5 Å². The van der Waals surface area contributed by atoms with Crippen LogP contribution in [0.2, 0.25) is 0 Å². The number of nitrogen functional groups attached to an aromatic ring is 1. The normalized spacial score (nSPS) is 13.9. The van der Waals surface area contributed by atoms with Crippen LogP contribution in [0.25, 0.3) is 11.0 Å². The number of hydrogen-bond donors (Lipinski definition) is 2. The monoisotopic (exact) mass is 350 g/mol. The quantitative estimate of drug-likeness (QED) is 0.741. The van der Waals surface area contributed by atoms with E-state index in [4.69, 9.17) is 10.7 Å². The van der Waals surface area contributed by atoms with Gasteiger partial charge in [0, 0.05) is 18.7 Å². The maximum Gasteiger partial charge on any atom is 0.151 e. The smallest absolute Gasteiger partial charge is 0.151 e. The van der Waals surface area contributed by atoms with Gasteiger partial charge in [-0.05, 0) is 48.8 Å². The van der Waals surface area contributed by atoms with Gasteiger partial charge >= 0.3 is 0 Å². The number of pyridine rings is 1. The minimum Gasteiger partial charge on any atom is -0.392 e. The molecule has 26 heavy (non-hydrogen) atoms. The highest BCUT2D eigenvalue weighted by atomic mass is 16.3. The molecule has 0 bridgehead atoms. The Morgan fingerprint density at radius 1 is 1.08 bits per heavy atom. The molecule has 3 aromatic rings. The first-order valence-corrected chi connectivity index (χ1v) is 9.56. The zero-order valence-corrected chi connectivity index (χ0v) is 15.3. The molecule has 0 spiro atoms. The van der Waals surface area contributed by atoms with Crippen molar-refractivity contribution in [3.8, 4) is 0 Å². The van der Waals surface area contributed by atoms with Gasteiger partial charge in [-0.1, -0.05) is 31.2 Å². The van der Waals surface area contributed by atoms with Gasteiger partial charge in [0.1, 0.15) is 11.3 Å². The summed E-state index contributed by atoms with van der Waals surface area (Å²) in [5, 5.41) is 9.20. The van der Waals surface area contributed by atoms with Crippen LogP contribution in [0.3, 0.4) is 0 Å². The summed E-state index contributed by atoms with van der Waals surface area (Å²) in [6.45, 7) is 3.11. The molecule has 0 aliphatic heterocycles. The molecule has 0 saturated carbocycles. The minimum absolute atomic E-state index is 0.0881. The summed E-state index contributed by atoms with van der Waals surface area (Å²) in [5.41, 5.74) is 13.1. The van der Waals surface area contributed by atoms with Crippen LogP contribution in [0, 0.1) is 0 Å². The Kier molecular flexibility index (Phi) is 4.64. The summed E-state index contributed by atoms with van der Waals surface area (Å²) in [4.78, 5) is 9.47. The van der Waals surface area contributed by atoms with E-state index in [2.05, 4.69) is 28.6 Å². The zero-order valence-electron chi connectivity index (χ0n) is 15.3. The third kappa shape index (κ3) is 2.97. The molecule has 5 heteroatoms. The highest BCUT2D eigenvalue weighted by Crippen LogP contribution is 2.31. The summed E-state index contributed by atoms with van der Waals surface area (Å²) in [6.07, 6.45) is 6.30. The van der Waals surface area contributed by atoms with Crippen LogP contribution in [0.5, 0.6) is 0 Å². The lowest BCUT2D eigenvalue weighted by atomic mass is 9.95. The second kappa shape index (κ2) is 7.08. The lowest BCUT2D eigenvalue weighted by Gasteiger charge is -2.18. The molecule has 2 aromatic heterocycles. The Hall–Kier alpha value is -2.40. The van der Waals surface area contributed by atoms with Crippen LogP contribution >= 0.6 is 0 Å². The summed E-state index contributed by atoms with van der Waals surface area (Å²) in [6, 6.07) is 8.18. The van der Waals surface area contributed by atoms with Gasteiger partial charge < -0.3 is 15.4 Å². The van der Waals surface area contributed by atoms with E-state index in [0.717, 1.165) is 54.8 Å². The van der Waals surface area contributed by atoms with E-state index in [-0.39, 0.29) is 6.61 Å². The second-order valence-corrected chi connectivity index (χ2v) is 7.08. The Morgan fingerprint density at radius 2 is 1.81 bits per heavy atom. The topological polar surface area (TPSA) is 77.0 Å². The molecule has 136 valence electrons. The van der Waals surface area contributed by atoms with Gasteiger partial charge in [0.2, 0.25) is 0 Å². The molecule has 2 heterocycles. The van der Waals surface area contributed by atoms with Crippen molar-refractivity contribution >= 4 is 16.9 Å². The van der Waals surface area contributed by atoms with E-state index >= 15 is 0 Å². The number of imidazole rings is 1. The van der Waals surface area contributed by atoms with Crippen molar-refractivity contribution in [2.45, 2.75) is 58.6 Å². The first-order chi connectivity index (χ1) is 12.7. The van der Waals surface area contributed by atoms with Crippen molar-refractivity contribution in [2.75, 3.05) is 5.73 Å². The van der Waals surface area contributed by atoms with E-state index in [1.807, 2.05) is 12.1 Å². The van der Waals surface area contributed by atoms with Crippen molar-refractivity contribution < 1.29 is 5.11 Å². The number of aromatic nitrogens is 3. The lowest BCUT2D eigenvalue weighted by Crippen LogP contribution is -2.12. The molecule has 3 N–H and O–H groups in total. The molecule has 0 saturated heterocycles. The third-order valence-electron chi connectivity index (χ3n) is 5.42. The predicted molar refractivity (Wildman–Crippen MR) is 104 cm³/mol. The van der Waals surface area contributed by atoms with Crippen LogP contribution in [0.1, 0.15) is 48.0 Å². The fourth-order valence-electron chi connectivity index (χ4n) is 4.01. The number of aryl methyl sites for hydroxylation is 5. The van der Waals surface area contributed by atoms with Crippen molar-refractivity contribution in [2.24, 2.45) is 0 Å². The van der Waals surface area contributed by atoms with Crippen molar-refractivity contribution in [3.63, 3.8) is 0 Å². The molecule has 0 amide bonds. The van der Waals surface area contributed by atoms with E-state index < -0.39 is 0 Å². The van der Waals surface area contributed by atoms with Gasteiger partial charge in [0.15, 0.2) is 5.82 Å². The fraction of sp³-hybridized carbons (Fsp3) is 0.429. The summed E-state index contributed by atoms with van der Waals surface area (Å²) >= 11 is 0. The second-order valence-electron chi connectivity index (χ2n) is 7.08. The zero-order chi connectivity index (χ0) is 18.1. The minimum atomic E-state index is 0.0881. The van der Waals surface area contributed by atoms with Gasteiger partial charge in [-0.15, -0.1) is 0 Å². The molecular weight excluding hydrogens is 324 g/mol. The largest absolute Gasteiger partial charge is 0.392 e. The Bertz CT molecular complexity index is 928. The van der Waals surface area contributed by atoms with Crippen molar-refractivity contribution in [1.82, 2.24) is 14.5 Å². The number of hydrogen-bond acceptors (Lipinski definition) is 4. The summed E-state index contributed by atoms with van der Waals surface area (Å²) in [7, 11) is 0. The fourth-order valence-corrected chi connectivity index (χ4v) is 4.01. The summed E-state index contributed by atoms with van der Waals surface area (Å²) < 4.78 is 2.36. The number of nitrogens with zero attached hydrogens (tertiary/aromatic N) is 3. The van der Waals surface area contributed by atoms with Gasteiger partial charge in [-0.25, -0.2) is 9.97 Å². The van der Waals surface area contributed by atoms with Crippen LogP contribution in [-0.4, -0.2) is 19.6 Å².